The van der Waals surface area contributed by atoms with E-state index in [1.807, 2.05) is 77.5 Å². The lowest BCUT2D eigenvalue weighted by atomic mass is 9.90. The molecule has 0 saturated carbocycles. The van der Waals surface area contributed by atoms with Crippen LogP contribution in [0.2, 0.25) is 0 Å². The van der Waals surface area contributed by atoms with Crippen molar-refractivity contribution in [2.45, 2.75) is 6.10 Å². The molecule has 112 valence electrons. The maximum Gasteiger partial charge on any atom is 0.196 e. The lowest BCUT2D eigenvalue weighted by molar-refractivity contribution is 0.0963. The van der Waals surface area contributed by atoms with Gasteiger partial charge in [-0.3, -0.25) is 4.79 Å². The van der Waals surface area contributed by atoms with E-state index in [1.165, 1.54) is 0 Å². The third-order valence-electron chi connectivity index (χ3n) is 3.89. The Bertz CT molecular complexity index is 864. The summed E-state index contributed by atoms with van der Waals surface area (Å²) in [4.78, 5) is 13.0. The Labute approximate surface area is 138 Å². The molecule has 0 radical (unpaired) electrons. The molecule has 0 N–H and O–H groups in total. The van der Waals surface area contributed by atoms with Crippen LogP contribution in [0.5, 0.6) is 5.75 Å². The average Bonchev–Trinajstić information content (AvgIpc) is 3.11. The van der Waals surface area contributed by atoms with Crippen LogP contribution in [0, 0.1) is 0 Å². The Morgan fingerprint density at radius 3 is 2.52 bits per heavy atom. The minimum absolute atomic E-state index is 0.0342. The zero-order valence-corrected chi connectivity index (χ0v) is 13.1. The molecule has 1 aliphatic heterocycles. The molecule has 0 aliphatic carbocycles. The Hall–Kier alpha value is -2.65. The summed E-state index contributed by atoms with van der Waals surface area (Å²) in [7, 11) is 0. The molecule has 1 aliphatic rings. The zero-order chi connectivity index (χ0) is 15.6. The third-order valence-corrected chi connectivity index (χ3v) is 4.59. The number of ether oxygens (including phenoxy) is 1. The van der Waals surface area contributed by atoms with E-state index >= 15 is 0 Å². The highest BCUT2D eigenvalue weighted by molar-refractivity contribution is 7.08. The van der Waals surface area contributed by atoms with Gasteiger partial charge in [0.25, 0.3) is 0 Å². The second-order valence-electron chi connectivity index (χ2n) is 5.39. The molecule has 1 aromatic heterocycles. The lowest BCUT2D eigenvalue weighted by Crippen LogP contribution is -2.23. The predicted molar refractivity (Wildman–Crippen MR) is 92.9 cm³/mol. The average molecular weight is 318 g/mol. The number of fused-ring (bicyclic) bond motifs is 1. The van der Waals surface area contributed by atoms with E-state index in [1.54, 1.807) is 11.3 Å². The number of Topliss-reactive ketones (excluding diaryl/α,β-unsaturated/α-hetero) is 1. The molecule has 2 nitrogen and oxygen atoms in total. The molecule has 0 spiro atoms. The summed E-state index contributed by atoms with van der Waals surface area (Å²) < 4.78 is 6.16. The molecule has 0 saturated heterocycles. The monoisotopic (exact) mass is 318 g/mol. The number of benzene rings is 2. The van der Waals surface area contributed by atoms with Crippen molar-refractivity contribution in [1.82, 2.24) is 0 Å². The van der Waals surface area contributed by atoms with Crippen LogP contribution in [0.1, 0.15) is 27.6 Å². The molecular weight excluding hydrogens is 304 g/mol. The zero-order valence-electron chi connectivity index (χ0n) is 12.3. The SMILES string of the molecule is O=C1C(=Cc2ccsc2)[C@@H](c2ccccc2)Oc2ccccc21. The number of hydrogen-bond acceptors (Lipinski definition) is 3. The summed E-state index contributed by atoms with van der Waals surface area (Å²) in [5.41, 5.74) is 3.31. The normalized spacial score (nSPS) is 18.5. The minimum atomic E-state index is -0.376. The Morgan fingerprint density at radius 2 is 1.74 bits per heavy atom. The van der Waals surface area contributed by atoms with Crippen molar-refractivity contribution in [2.75, 3.05) is 0 Å². The molecule has 0 fully saturated rings. The van der Waals surface area contributed by atoms with Gasteiger partial charge < -0.3 is 4.74 Å². The second kappa shape index (κ2) is 5.86. The Morgan fingerprint density at radius 1 is 0.957 bits per heavy atom. The van der Waals surface area contributed by atoms with Crippen molar-refractivity contribution in [1.29, 1.82) is 0 Å². The molecule has 2 heterocycles. The number of carbonyl (C=O) groups is 1. The highest BCUT2D eigenvalue weighted by Crippen LogP contribution is 2.39. The van der Waals surface area contributed by atoms with Gasteiger partial charge in [-0.25, -0.2) is 0 Å². The predicted octanol–water partition coefficient (Wildman–Crippen LogP) is 5.15. The highest BCUT2D eigenvalue weighted by atomic mass is 32.1. The number of rotatable bonds is 2. The molecule has 0 bridgehead atoms. The van der Waals surface area contributed by atoms with Crippen molar-refractivity contribution < 1.29 is 9.53 Å². The van der Waals surface area contributed by atoms with Gasteiger partial charge in [-0.05, 0) is 46.2 Å². The Balaban J connectivity index is 1.87. The molecule has 2 aromatic carbocycles. The third kappa shape index (κ3) is 2.60. The van der Waals surface area contributed by atoms with Gasteiger partial charge >= 0.3 is 0 Å². The molecule has 3 aromatic rings. The smallest absolute Gasteiger partial charge is 0.196 e. The first-order valence-electron chi connectivity index (χ1n) is 7.42. The van der Waals surface area contributed by atoms with E-state index in [2.05, 4.69) is 0 Å². The number of hydrogen-bond donors (Lipinski definition) is 0. The minimum Gasteiger partial charge on any atom is -0.480 e. The van der Waals surface area contributed by atoms with Crippen molar-refractivity contribution in [3.8, 4) is 5.75 Å². The van der Waals surface area contributed by atoms with Crippen molar-refractivity contribution >= 4 is 23.2 Å². The van der Waals surface area contributed by atoms with Crippen molar-refractivity contribution in [3.05, 3.63) is 93.7 Å². The quantitative estimate of drug-likeness (QED) is 0.611. The van der Waals surface area contributed by atoms with Crippen LogP contribution in [0.3, 0.4) is 0 Å². The van der Waals surface area contributed by atoms with Crippen LogP contribution in [-0.2, 0) is 0 Å². The first-order chi connectivity index (χ1) is 11.3. The summed E-state index contributed by atoms with van der Waals surface area (Å²) in [5.74, 6) is 0.681. The van der Waals surface area contributed by atoms with Crippen LogP contribution in [0.25, 0.3) is 6.08 Å². The van der Waals surface area contributed by atoms with Gasteiger partial charge in [-0.15, -0.1) is 0 Å². The summed E-state index contributed by atoms with van der Waals surface area (Å²) in [6.45, 7) is 0. The summed E-state index contributed by atoms with van der Waals surface area (Å²) >= 11 is 1.62. The van der Waals surface area contributed by atoms with Gasteiger partial charge in [0.05, 0.1) is 5.56 Å². The molecule has 3 heteroatoms. The first-order valence-corrected chi connectivity index (χ1v) is 8.36. The largest absolute Gasteiger partial charge is 0.480 e. The highest BCUT2D eigenvalue weighted by Gasteiger charge is 2.32. The molecular formula is C20H14O2S. The van der Waals surface area contributed by atoms with E-state index in [9.17, 15) is 4.79 Å². The van der Waals surface area contributed by atoms with Crippen LogP contribution < -0.4 is 4.74 Å². The van der Waals surface area contributed by atoms with Gasteiger partial charge in [0, 0.05) is 5.57 Å². The maximum absolute atomic E-state index is 13.0. The summed E-state index contributed by atoms with van der Waals surface area (Å²) in [5, 5.41) is 4.04. The van der Waals surface area contributed by atoms with E-state index in [0.29, 0.717) is 16.9 Å². The fourth-order valence-corrected chi connectivity index (χ4v) is 3.39. The lowest BCUT2D eigenvalue weighted by Gasteiger charge is -2.28. The maximum atomic E-state index is 13.0. The van der Waals surface area contributed by atoms with E-state index in [4.69, 9.17) is 4.74 Å². The van der Waals surface area contributed by atoms with Gasteiger partial charge in [-0.2, -0.15) is 11.3 Å². The van der Waals surface area contributed by atoms with Crippen molar-refractivity contribution in [2.24, 2.45) is 0 Å². The van der Waals surface area contributed by atoms with E-state index in [0.717, 1.165) is 11.1 Å². The molecule has 0 amide bonds. The standard InChI is InChI=1S/C20H14O2S/c21-19-16-8-4-5-9-18(16)22-20(15-6-2-1-3-7-15)17(19)12-14-10-11-23-13-14/h1-13,20H/t20-/m1/s1. The number of para-hydroxylation sites is 1. The first kappa shape index (κ1) is 14.0. The van der Waals surface area contributed by atoms with Gasteiger partial charge in [0.2, 0.25) is 0 Å². The fraction of sp³-hybridized carbons (Fsp3) is 0.0500. The van der Waals surface area contributed by atoms with Crippen LogP contribution in [0.4, 0.5) is 0 Å². The number of ketones is 1. The number of carbonyl (C=O) groups excluding carboxylic acids is 1. The van der Waals surface area contributed by atoms with Gasteiger partial charge in [-0.1, -0.05) is 42.5 Å². The molecule has 0 unspecified atom stereocenters. The van der Waals surface area contributed by atoms with Crippen LogP contribution in [-0.4, -0.2) is 5.78 Å². The fourth-order valence-electron chi connectivity index (χ4n) is 2.78. The summed E-state index contributed by atoms with van der Waals surface area (Å²) in [6.07, 6.45) is 1.56. The van der Waals surface area contributed by atoms with Gasteiger partial charge in [0.1, 0.15) is 5.75 Å². The van der Waals surface area contributed by atoms with Gasteiger partial charge in [0.15, 0.2) is 11.9 Å². The number of thiophene rings is 1. The Kier molecular flexibility index (Phi) is 3.56. The topological polar surface area (TPSA) is 26.3 Å². The van der Waals surface area contributed by atoms with Crippen LogP contribution in [0.15, 0.2) is 77.0 Å². The molecule has 23 heavy (non-hydrogen) atoms. The van der Waals surface area contributed by atoms with E-state index in [-0.39, 0.29) is 11.9 Å². The summed E-state index contributed by atoms with van der Waals surface area (Å²) in [6, 6.07) is 19.3. The van der Waals surface area contributed by atoms with Crippen LogP contribution >= 0.6 is 11.3 Å². The van der Waals surface area contributed by atoms with Crippen molar-refractivity contribution in [3.63, 3.8) is 0 Å². The van der Waals surface area contributed by atoms with E-state index < -0.39 is 0 Å². The molecule has 1 atom stereocenters. The second-order valence-corrected chi connectivity index (χ2v) is 6.17. The molecule has 4 rings (SSSR count).